The Hall–Kier alpha value is -1.31. The number of benzene rings is 1. The lowest BCUT2D eigenvalue weighted by atomic mass is 10.3. The molecule has 1 aromatic carbocycles. The van der Waals surface area contributed by atoms with Crippen LogP contribution in [-0.2, 0) is 6.54 Å². The highest BCUT2D eigenvalue weighted by Crippen LogP contribution is 2.15. The summed E-state index contributed by atoms with van der Waals surface area (Å²) >= 11 is 0. The quantitative estimate of drug-likeness (QED) is 0.342. The Kier molecular flexibility index (Phi) is 7.64. The largest absolute Gasteiger partial charge is 0.370 e. The Morgan fingerprint density at radius 3 is 2.64 bits per heavy atom. The zero-order chi connectivity index (χ0) is 15.2. The molecule has 0 spiro atoms. The van der Waals surface area contributed by atoms with Crippen molar-refractivity contribution in [2.24, 2.45) is 10.7 Å². The number of fused-ring (bicyclic) bond motifs is 1. The molecule has 0 amide bonds. The molecule has 0 atom stereocenters. The Labute approximate surface area is 149 Å². The fraction of sp³-hybridized carbons (Fsp3) is 0.500. The number of halogens is 1. The summed E-state index contributed by atoms with van der Waals surface area (Å²) in [6.07, 6.45) is 0.961. The average molecular weight is 415 g/mol. The third-order valence-corrected chi connectivity index (χ3v) is 3.75. The highest BCUT2D eigenvalue weighted by Gasteiger charge is 2.06. The molecule has 0 saturated heterocycles. The lowest BCUT2D eigenvalue weighted by Crippen LogP contribution is -2.37. The van der Waals surface area contributed by atoms with Crippen molar-refractivity contribution in [3.63, 3.8) is 0 Å². The maximum absolute atomic E-state index is 5.98. The van der Waals surface area contributed by atoms with Crippen molar-refractivity contribution in [2.45, 2.75) is 33.7 Å². The number of guanidine groups is 1. The van der Waals surface area contributed by atoms with E-state index in [0.717, 1.165) is 43.9 Å². The Balaban J connectivity index is 0.00000242. The summed E-state index contributed by atoms with van der Waals surface area (Å²) in [5.41, 5.74) is 8.22. The summed E-state index contributed by atoms with van der Waals surface area (Å²) < 4.78 is 2.25. The van der Waals surface area contributed by atoms with Crippen LogP contribution in [-0.4, -0.2) is 40.0 Å². The molecule has 2 rings (SSSR count). The number of hydrogen-bond acceptors (Lipinski definition) is 2. The molecule has 122 valence electrons. The van der Waals surface area contributed by atoms with E-state index < -0.39 is 0 Å². The van der Waals surface area contributed by atoms with Gasteiger partial charge in [-0.2, -0.15) is 0 Å². The van der Waals surface area contributed by atoms with Gasteiger partial charge in [-0.05, 0) is 39.3 Å². The highest BCUT2D eigenvalue weighted by molar-refractivity contribution is 14.0. The van der Waals surface area contributed by atoms with E-state index in [4.69, 9.17) is 5.73 Å². The maximum atomic E-state index is 5.98. The molecule has 0 bridgehead atoms. The van der Waals surface area contributed by atoms with Crippen LogP contribution < -0.4 is 5.73 Å². The molecule has 5 nitrogen and oxygen atoms in total. The van der Waals surface area contributed by atoms with Gasteiger partial charge in [-0.1, -0.05) is 12.1 Å². The molecular formula is C16H26IN5. The van der Waals surface area contributed by atoms with Crippen LogP contribution in [0.3, 0.4) is 0 Å². The van der Waals surface area contributed by atoms with Crippen LogP contribution in [0.5, 0.6) is 0 Å². The van der Waals surface area contributed by atoms with Gasteiger partial charge in [0.2, 0.25) is 0 Å². The van der Waals surface area contributed by atoms with Crippen LogP contribution in [0.1, 0.15) is 26.1 Å². The van der Waals surface area contributed by atoms with Crippen molar-refractivity contribution in [2.75, 3.05) is 19.6 Å². The van der Waals surface area contributed by atoms with E-state index in [1.807, 2.05) is 13.0 Å². The Bertz CT molecular complexity index is 616. The summed E-state index contributed by atoms with van der Waals surface area (Å²) in [5.74, 6) is 1.70. The lowest BCUT2D eigenvalue weighted by molar-refractivity contribution is 0.457. The number of aromatic nitrogens is 2. The first kappa shape index (κ1) is 18.7. The van der Waals surface area contributed by atoms with Crippen molar-refractivity contribution in [1.29, 1.82) is 0 Å². The van der Waals surface area contributed by atoms with Crippen molar-refractivity contribution >= 4 is 41.0 Å². The smallest absolute Gasteiger partial charge is 0.191 e. The zero-order valence-electron chi connectivity index (χ0n) is 13.6. The van der Waals surface area contributed by atoms with Crippen molar-refractivity contribution in [1.82, 2.24) is 14.5 Å². The second kappa shape index (κ2) is 8.97. The van der Waals surface area contributed by atoms with Gasteiger partial charge in [-0.25, -0.2) is 4.98 Å². The molecule has 0 saturated carbocycles. The highest BCUT2D eigenvalue weighted by atomic mass is 127. The van der Waals surface area contributed by atoms with Gasteiger partial charge in [0.15, 0.2) is 5.96 Å². The minimum atomic E-state index is 0. The maximum Gasteiger partial charge on any atom is 0.191 e. The van der Waals surface area contributed by atoms with E-state index >= 15 is 0 Å². The van der Waals surface area contributed by atoms with Crippen LogP contribution in [0.2, 0.25) is 0 Å². The first-order valence-electron chi connectivity index (χ1n) is 7.64. The minimum Gasteiger partial charge on any atom is -0.370 e. The lowest BCUT2D eigenvalue weighted by Gasteiger charge is -2.19. The monoisotopic (exact) mass is 415 g/mol. The number of aliphatic imine (C=N–C) groups is 1. The summed E-state index contributed by atoms with van der Waals surface area (Å²) in [7, 11) is 0. The zero-order valence-corrected chi connectivity index (χ0v) is 15.9. The van der Waals surface area contributed by atoms with Gasteiger partial charge in [0.05, 0.1) is 11.0 Å². The van der Waals surface area contributed by atoms with E-state index in [9.17, 15) is 0 Å². The topological polar surface area (TPSA) is 59.4 Å². The molecule has 0 radical (unpaired) electrons. The van der Waals surface area contributed by atoms with Gasteiger partial charge in [0, 0.05) is 26.2 Å². The normalized spacial score (nSPS) is 11.5. The first-order valence-corrected chi connectivity index (χ1v) is 7.64. The van der Waals surface area contributed by atoms with E-state index in [0.29, 0.717) is 5.96 Å². The first-order chi connectivity index (χ1) is 10.2. The Morgan fingerprint density at radius 2 is 1.95 bits per heavy atom. The Morgan fingerprint density at radius 1 is 1.27 bits per heavy atom. The van der Waals surface area contributed by atoms with E-state index in [2.05, 4.69) is 51.5 Å². The number of imidazole rings is 1. The molecular weight excluding hydrogens is 389 g/mol. The molecule has 0 fully saturated rings. The van der Waals surface area contributed by atoms with Gasteiger partial charge in [0.25, 0.3) is 0 Å². The number of para-hydroxylation sites is 2. The van der Waals surface area contributed by atoms with Crippen LogP contribution >= 0.6 is 24.0 Å². The summed E-state index contributed by atoms with van der Waals surface area (Å²) in [4.78, 5) is 11.1. The van der Waals surface area contributed by atoms with Gasteiger partial charge in [-0.15, -0.1) is 24.0 Å². The second-order valence-corrected chi connectivity index (χ2v) is 5.07. The van der Waals surface area contributed by atoms with Crippen molar-refractivity contribution < 1.29 is 0 Å². The van der Waals surface area contributed by atoms with Crippen molar-refractivity contribution in [3.05, 3.63) is 30.1 Å². The van der Waals surface area contributed by atoms with E-state index in [-0.39, 0.29) is 24.0 Å². The third kappa shape index (κ3) is 4.34. The fourth-order valence-electron chi connectivity index (χ4n) is 2.55. The van der Waals surface area contributed by atoms with E-state index in [1.165, 1.54) is 5.52 Å². The molecule has 2 N–H and O–H groups in total. The predicted molar refractivity (Wildman–Crippen MR) is 104 cm³/mol. The van der Waals surface area contributed by atoms with Gasteiger partial charge in [0.1, 0.15) is 5.82 Å². The van der Waals surface area contributed by atoms with Crippen LogP contribution in [0.4, 0.5) is 0 Å². The molecule has 0 aliphatic heterocycles. The van der Waals surface area contributed by atoms with Gasteiger partial charge >= 0.3 is 0 Å². The molecule has 0 aliphatic rings. The van der Waals surface area contributed by atoms with Crippen LogP contribution in [0.15, 0.2) is 29.3 Å². The fourth-order valence-corrected chi connectivity index (χ4v) is 2.55. The summed E-state index contributed by atoms with van der Waals surface area (Å²) in [5, 5.41) is 0. The van der Waals surface area contributed by atoms with Crippen LogP contribution in [0, 0.1) is 6.92 Å². The number of nitrogens with zero attached hydrogens (tertiary/aromatic N) is 4. The SMILES string of the molecule is CCN(CC)C(N)=NCCCn1c(C)nc2ccccc21.I. The molecule has 22 heavy (non-hydrogen) atoms. The molecule has 1 aromatic heterocycles. The van der Waals surface area contributed by atoms with Crippen LogP contribution in [0.25, 0.3) is 11.0 Å². The number of aryl methyl sites for hydroxylation is 2. The number of rotatable bonds is 6. The molecule has 6 heteroatoms. The third-order valence-electron chi connectivity index (χ3n) is 3.75. The molecule has 0 aliphatic carbocycles. The summed E-state index contributed by atoms with van der Waals surface area (Å²) in [6, 6.07) is 8.24. The van der Waals surface area contributed by atoms with Gasteiger partial charge < -0.3 is 15.2 Å². The predicted octanol–water partition coefficient (Wildman–Crippen LogP) is 3.01. The minimum absolute atomic E-state index is 0. The molecule has 2 aromatic rings. The molecule has 0 unspecified atom stereocenters. The van der Waals surface area contributed by atoms with Crippen molar-refractivity contribution in [3.8, 4) is 0 Å². The summed E-state index contributed by atoms with van der Waals surface area (Å²) in [6.45, 7) is 9.69. The standard InChI is InChI=1S/C16H25N5.HI/c1-4-20(5-2)16(17)18-11-8-12-21-13(3)19-14-9-6-7-10-15(14)21;/h6-7,9-10H,4-5,8,11-12H2,1-3H3,(H2,17,18);1H. The molecule has 1 heterocycles. The van der Waals surface area contributed by atoms with Gasteiger partial charge in [-0.3, -0.25) is 4.99 Å². The van der Waals surface area contributed by atoms with E-state index in [1.54, 1.807) is 0 Å². The average Bonchev–Trinajstić information content (AvgIpc) is 2.80. The second-order valence-electron chi connectivity index (χ2n) is 5.07. The number of hydrogen-bond donors (Lipinski definition) is 1. The number of nitrogens with two attached hydrogens (primary N) is 1.